The fourth-order valence-corrected chi connectivity index (χ4v) is 2.18. The van der Waals surface area contributed by atoms with Crippen molar-refractivity contribution in [2.24, 2.45) is 5.92 Å². The molecule has 1 fully saturated rings. The minimum atomic E-state index is -0.709. The van der Waals surface area contributed by atoms with Gasteiger partial charge in [-0.1, -0.05) is 44.2 Å². The Morgan fingerprint density at radius 2 is 2.05 bits per heavy atom. The van der Waals surface area contributed by atoms with Gasteiger partial charge in [0.05, 0.1) is 12.7 Å². The third-order valence-corrected chi connectivity index (χ3v) is 3.64. The first-order chi connectivity index (χ1) is 9.66. The van der Waals surface area contributed by atoms with Crippen molar-refractivity contribution in [3.8, 4) is 6.07 Å². The lowest BCUT2D eigenvalue weighted by atomic mass is 9.92. The lowest BCUT2D eigenvalue weighted by Crippen LogP contribution is -2.46. The van der Waals surface area contributed by atoms with Crippen LogP contribution in [0.15, 0.2) is 30.3 Å². The van der Waals surface area contributed by atoms with E-state index in [-0.39, 0.29) is 0 Å². The number of benzene rings is 1. The quantitative estimate of drug-likeness (QED) is 0.739. The molecule has 1 N–H and O–H groups in total. The highest BCUT2D eigenvalue weighted by atomic mass is 16.5. The Balaban J connectivity index is 2.05. The van der Waals surface area contributed by atoms with Gasteiger partial charge in [0.1, 0.15) is 0 Å². The standard InChI is InChI=1S/C17H24N2O/c1-14(2)10-11-20-13-17(12-18,19-16-8-9-16)15-6-4-3-5-7-15/h3-7,14,16,19H,8-11,13H2,1-2H3. The Hall–Kier alpha value is -1.37. The number of rotatable bonds is 8. The third kappa shape index (κ3) is 4.06. The molecule has 0 aromatic heterocycles. The zero-order chi connectivity index (χ0) is 14.4. The minimum Gasteiger partial charge on any atom is -0.378 e. The Morgan fingerprint density at radius 3 is 2.60 bits per heavy atom. The van der Waals surface area contributed by atoms with Gasteiger partial charge in [-0.15, -0.1) is 0 Å². The lowest BCUT2D eigenvalue weighted by molar-refractivity contribution is 0.0802. The van der Waals surface area contributed by atoms with E-state index in [1.165, 1.54) is 0 Å². The van der Waals surface area contributed by atoms with Gasteiger partial charge in [-0.05, 0) is 30.7 Å². The van der Waals surface area contributed by atoms with Crippen molar-refractivity contribution in [2.45, 2.75) is 44.7 Å². The van der Waals surface area contributed by atoms with Gasteiger partial charge in [-0.3, -0.25) is 5.32 Å². The Kier molecular flexibility index (Phi) is 5.17. The largest absolute Gasteiger partial charge is 0.378 e. The molecule has 1 atom stereocenters. The summed E-state index contributed by atoms with van der Waals surface area (Å²) in [7, 11) is 0. The van der Waals surface area contributed by atoms with E-state index in [9.17, 15) is 5.26 Å². The normalized spacial score (nSPS) is 17.7. The minimum absolute atomic E-state index is 0.413. The molecule has 1 aromatic rings. The maximum Gasteiger partial charge on any atom is 0.156 e. The van der Waals surface area contributed by atoms with Crippen molar-refractivity contribution in [1.82, 2.24) is 5.32 Å². The van der Waals surface area contributed by atoms with Gasteiger partial charge in [0.2, 0.25) is 0 Å². The molecule has 108 valence electrons. The summed E-state index contributed by atoms with van der Waals surface area (Å²) in [6, 6.07) is 12.9. The number of ether oxygens (including phenoxy) is 1. The summed E-state index contributed by atoms with van der Waals surface area (Å²) < 4.78 is 5.80. The van der Waals surface area contributed by atoms with E-state index in [4.69, 9.17) is 4.74 Å². The predicted molar refractivity (Wildman–Crippen MR) is 80.2 cm³/mol. The van der Waals surface area contributed by atoms with E-state index in [0.717, 1.165) is 24.8 Å². The molecule has 0 heterocycles. The Labute approximate surface area is 121 Å². The molecule has 0 aliphatic heterocycles. The van der Waals surface area contributed by atoms with Crippen LogP contribution >= 0.6 is 0 Å². The number of nitriles is 1. The van der Waals surface area contributed by atoms with Crippen molar-refractivity contribution in [2.75, 3.05) is 13.2 Å². The van der Waals surface area contributed by atoms with E-state index >= 15 is 0 Å². The average Bonchev–Trinajstić information content (AvgIpc) is 3.27. The summed E-state index contributed by atoms with van der Waals surface area (Å²) in [5.74, 6) is 0.625. The highest BCUT2D eigenvalue weighted by Gasteiger charge is 2.38. The SMILES string of the molecule is CC(C)CCOCC(C#N)(NC1CC1)c1ccccc1. The van der Waals surface area contributed by atoms with Gasteiger partial charge in [0.15, 0.2) is 5.54 Å². The van der Waals surface area contributed by atoms with E-state index < -0.39 is 5.54 Å². The summed E-state index contributed by atoms with van der Waals surface area (Å²) in [6.07, 6.45) is 3.34. The molecule has 0 saturated heterocycles. The summed E-state index contributed by atoms with van der Waals surface area (Å²) in [6.45, 7) is 5.48. The summed E-state index contributed by atoms with van der Waals surface area (Å²) in [5, 5.41) is 13.2. The van der Waals surface area contributed by atoms with Gasteiger partial charge in [-0.25, -0.2) is 0 Å². The molecule has 0 bridgehead atoms. The molecule has 1 aromatic carbocycles. The van der Waals surface area contributed by atoms with Crippen LogP contribution in [0.3, 0.4) is 0 Å². The van der Waals surface area contributed by atoms with Gasteiger partial charge >= 0.3 is 0 Å². The molecular formula is C17H24N2O. The van der Waals surface area contributed by atoms with Crippen LogP contribution in [-0.2, 0) is 10.3 Å². The van der Waals surface area contributed by atoms with Crippen LogP contribution in [0.4, 0.5) is 0 Å². The molecule has 0 spiro atoms. The van der Waals surface area contributed by atoms with Crippen molar-refractivity contribution in [1.29, 1.82) is 5.26 Å². The Morgan fingerprint density at radius 1 is 1.35 bits per heavy atom. The molecule has 0 radical (unpaired) electrons. The molecule has 20 heavy (non-hydrogen) atoms. The van der Waals surface area contributed by atoms with E-state index in [1.807, 2.05) is 30.3 Å². The van der Waals surface area contributed by atoms with Crippen molar-refractivity contribution in [3.05, 3.63) is 35.9 Å². The second-order valence-corrected chi connectivity index (χ2v) is 6.04. The first-order valence-electron chi connectivity index (χ1n) is 7.48. The zero-order valence-electron chi connectivity index (χ0n) is 12.4. The second kappa shape index (κ2) is 6.88. The van der Waals surface area contributed by atoms with Crippen LogP contribution in [0.25, 0.3) is 0 Å². The number of nitrogens with one attached hydrogen (secondary N) is 1. The second-order valence-electron chi connectivity index (χ2n) is 6.04. The summed E-state index contributed by atoms with van der Waals surface area (Å²) >= 11 is 0. The number of hydrogen-bond donors (Lipinski definition) is 1. The number of hydrogen-bond acceptors (Lipinski definition) is 3. The molecule has 1 aliphatic carbocycles. The summed E-state index contributed by atoms with van der Waals surface area (Å²) in [4.78, 5) is 0. The maximum absolute atomic E-state index is 9.72. The van der Waals surface area contributed by atoms with Gasteiger partial charge < -0.3 is 4.74 Å². The van der Waals surface area contributed by atoms with Crippen molar-refractivity contribution >= 4 is 0 Å². The molecule has 1 unspecified atom stereocenters. The number of nitrogens with zero attached hydrogens (tertiary/aromatic N) is 1. The summed E-state index contributed by atoms with van der Waals surface area (Å²) in [5.41, 5.74) is 0.290. The molecule has 1 aliphatic rings. The van der Waals surface area contributed by atoms with Crippen LogP contribution in [0.1, 0.15) is 38.7 Å². The van der Waals surface area contributed by atoms with Gasteiger partial charge in [0, 0.05) is 12.6 Å². The molecule has 3 nitrogen and oxygen atoms in total. The van der Waals surface area contributed by atoms with Crippen LogP contribution in [-0.4, -0.2) is 19.3 Å². The first kappa shape index (κ1) is 15.0. The fraction of sp³-hybridized carbons (Fsp3) is 0.588. The zero-order valence-corrected chi connectivity index (χ0v) is 12.4. The topological polar surface area (TPSA) is 45.0 Å². The van der Waals surface area contributed by atoms with Crippen LogP contribution in [0, 0.1) is 17.2 Å². The van der Waals surface area contributed by atoms with Crippen molar-refractivity contribution in [3.63, 3.8) is 0 Å². The van der Waals surface area contributed by atoms with E-state index in [2.05, 4.69) is 25.2 Å². The average molecular weight is 272 g/mol. The van der Waals surface area contributed by atoms with Crippen LogP contribution < -0.4 is 5.32 Å². The van der Waals surface area contributed by atoms with Crippen molar-refractivity contribution < 1.29 is 4.74 Å². The van der Waals surface area contributed by atoms with E-state index in [0.29, 0.717) is 25.2 Å². The van der Waals surface area contributed by atoms with Gasteiger partial charge in [-0.2, -0.15) is 5.26 Å². The third-order valence-electron chi connectivity index (χ3n) is 3.64. The molecular weight excluding hydrogens is 248 g/mol. The molecule has 1 saturated carbocycles. The van der Waals surface area contributed by atoms with E-state index in [1.54, 1.807) is 0 Å². The maximum atomic E-state index is 9.72. The van der Waals surface area contributed by atoms with Crippen LogP contribution in [0.5, 0.6) is 0 Å². The Bertz CT molecular complexity index is 448. The lowest BCUT2D eigenvalue weighted by Gasteiger charge is -2.28. The highest BCUT2D eigenvalue weighted by molar-refractivity contribution is 5.32. The molecule has 3 heteroatoms. The van der Waals surface area contributed by atoms with Gasteiger partial charge in [0.25, 0.3) is 0 Å². The monoisotopic (exact) mass is 272 g/mol. The fourth-order valence-electron chi connectivity index (χ4n) is 2.18. The smallest absolute Gasteiger partial charge is 0.156 e. The first-order valence-corrected chi connectivity index (χ1v) is 7.48. The highest BCUT2D eigenvalue weighted by Crippen LogP contribution is 2.28. The molecule has 0 amide bonds. The molecule has 2 rings (SSSR count). The van der Waals surface area contributed by atoms with Crippen LogP contribution in [0.2, 0.25) is 0 Å². The predicted octanol–water partition coefficient (Wildman–Crippen LogP) is 3.22.